The minimum absolute atomic E-state index is 0.0191. The molecule has 1 unspecified atom stereocenters. The molecule has 0 amide bonds. The van der Waals surface area contributed by atoms with Crippen molar-refractivity contribution in [1.82, 2.24) is 0 Å². The molecule has 0 heterocycles. The van der Waals surface area contributed by atoms with Crippen LogP contribution in [0.1, 0.15) is 46.5 Å². The van der Waals surface area contributed by atoms with Gasteiger partial charge in [0.1, 0.15) is 12.4 Å². The molecular weight excluding hydrogens is 296 g/mol. The maximum atomic E-state index is 11.6. The van der Waals surface area contributed by atoms with Crippen LogP contribution in [0.4, 0.5) is 4.79 Å². The van der Waals surface area contributed by atoms with Crippen molar-refractivity contribution in [3.05, 3.63) is 24.5 Å². The van der Waals surface area contributed by atoms with Gasteiger partial charge in [-0.2, -0.15) is 0 Å². The third-order valence-corrected chi connectivity index (χ3v) is 8.82. The zero-order chi connectivity index (χ0) is 16.8. The Labute approximate surface area is 135 Å². The molecule has 0 radical (unpaired) electrons. The van der Waals surface area contributed by atoms with Gasteiger partial charge >= 0.3 is 6.16 Å². The first-order valence-electron chi connectivity index (χ1n) is 8.00. The summed E-state index contributed by atoms with van der Waals surface area (Å²) in [6.07, 6.45) is 6.63. The van der Waals surface area contributed by atoms with E-state index in [0.29, 0.717) is 5.76 Å². The van der Waals surface area contributed by atoms with E-state index in [1.807, 2.05) is 6.08 Å². The first kappa shape index (κ1) is 19.0. The van der Waals surface area contributed by atoms with Crippen LogP contribution in [0, 0.1) is 0 Å². The molecule has 0 saturated carbocycles. The number of carbonyl (C=O) groups is 1. The number of carbonyl (C=O) groups excluding carboxylic acids is 1. The highest BCUT2D eigenvalue weighted by atomic mass is 28.4. The van der Waals surface area contributed by atoms with Crippen molar-refractivity contribution in [2.24, 2.45) is 0 Å². The van der Waals surface area contributed by atoms with Crippen molar-refractivity contribution in [3.63, 3.8) is 0 Å². The number of hydrogen-bond donors (Lipinski definition) is 0. The number of hydrogen-bond acceptors (Lipinski definition) is 4. The molecule has 4 nitrogen and oxygen atoms in total. The van der Waals surface area contributed by atoms with Crippen molar-refractivity contribution >= 4 is 14.5 Å². The largest absolute Gasteiger partial charge is 0.513 e. The summed E-state index contributed by atoms with van der Waals surface area (Å²) in [6, 6.07) is 0. The molecule has 0 aliphatic heterocycles. The highest BCUT2D eigenvalue weighted by molar-refractivity contribution is 6.74. The molecule has 0 aromatic heterocycles. The zero-order valence-corrected chi connectivity index (χ0v) is 15.6. The van der Waals surface area contributed by atoms with Gasteiger partial charge < -0.3 is 13.9 Å². The molecule has 0 aromatic carbocycles. The van der Waals surface area contributed by atoms with E-state index in [0.717, 1.165) is 25.7 Å². The fourth-order valence-corrected chi connectivity index (χ4v) is 3.31. The van der Waals surface area contributed by atoms with Gasteiger partial charge in [0.25, 0.3) is 0 Å². The Hall–Kier alpha value is -1.07. The lowest BCUT2D eigenvalue weighted by atomic mass is 10.2. The molecule has 1 aliphatic rings. The predicted octanol–water partition coefficient (Wildman–Crippen LogP) is 5.17. The van der Waals surface area contributed by atoms with Crippen molar-refractivity contribution in [2.75, 3.05) is 6.61 Å². The summed E-state index contributed by atoms with van der Waals surface area (Å²) in [6.45, 7) is 14.8. The van der Waals surface area contributed by atoms with E-state index in [4.69, 9.17) is 13.9 Å². The number of allylic oxidation sites excluding steroid dienone is 1. The third kappa shape index (κ3) is 5.97. The Bertz CT molecular complexity index is 421. The molecule has 0 saturated heterocycles. The SMILES string of the molecule is C=CCOC(=O)OC1=CC(O[Si](C)(C)C(C)(C)C)CCCC1. The third-order valence-electron chi connectivity index (χ3n) is 4.32. The van der Waals surface area contributed by atoms with E-state index >= 15 is 0 Å². The van der Waals surface area contributed by atoms with E-state index in [1.165, 1.54) is 6.08 Å². The van der Waals surface area contributed by atoms with Gasteiger partial charge in [0.15, 0.2) is 8.32 Å². The minimum atomic E-state index is -1.83. The second-order valence-corrected chi connectivity index (χ2v) is 12.0. The van der Waals surface area contributed by atoms with Crippen LogP contribution in [0.3, 0.4) is 0 Å². The topological polar surface area (TPSA) is 44.8 Å². The molecule has 126 valence electrons. The van der Waals surface area contributed by atoms with Gasteiger partial charge in [-0.15, -0.1) is 0 Å². The number of rotatable bonds is 5. The average molecular weight is 327 g/mol. The predicted molar refractivity (Wildman–Crippen MR) is 91.3 cm³/mol. The summed E-state index contributed by atoms with van der Waals surface area (Å²) >= 11 is 0. The van der Waals surface area contributed by atoms with Crippen molar-refractivity contribution in [2.45, 2.75) is 70.7 Å². The smallest absolute Gasteiger partial charge is 0.430 e. The summed E-state index contributed by atoms with van der Waals surface area (Å²) in [4.78, 5) is 11.6. The average Bonchev–Trinajstić information content (AvgIpc) is 2.59. The van der Waals surface area contributed by atoms with Crippen LogP contribution < -0.4 is 0 Å². The van der Waals surface area contributed by atoms with E-state index in [-0.39, 0.29) is 17.7 Å². The summed E-state index contributed by atoms with van der Waals surface area (Å²) < 4.78 is 16.6. The fourth-order valence-electron chi connectivity index (χ4n) is 2.02. The lowest BCUT2D eigenvalue weighted by molar-refractivity contribution is 0.0833. The van der Waals surface area contributed by atoms with Gasteiger partial charge in [-0.1, -0.05) is 39.8 Å². The summed E-state index contributed by atoms with van der Waals surface area (Å²) in [5.74, 6) is 0.662. The van der Waals surface area contributed by atoms with Gasteiger partial charge in [0, 0.05) is 6.42 Å². The second kappa shape index (κ2) is 7.97. The van der Waals surface area contributed by atoms with E-state index in [1.54, 1.807) is 0 Å². The van der Waals surface area contributed by atoms with E-state index < -0.39 is 14.5 Å². The van der Waals surface area contributed by atoms with Gasteiger partial charge in [-0.05, 0) is 37.0 Å². The summed E-state index contributed by atoms with van der Waals surface area (Å²) in [5, 5.41) is 0.164. The maximum absolute atomic E-state index is 11.6. The van der Waals surface area contributed by atoms with E-state index in [9.17, 15) is 4.79 Å². The van der Waals surface area contributed by atoms with Crippen LogP contribution >= 0.6 is 0 Å². The van der Waals surface area contributed by atoms with E-state index in [2.05, 4.69) is 40.4 Å². The highest BCUT2D eigenvalue weighted by Gasteiger charge is 2.39. The molecule has 5 heteroatoms. The van der Waals surface area contributed by atoms with Crippen molar-refractivity contribution < 1.29 is 18.7 Å². The molecule has 0 fully saturated rings. The molecule has 0 bridgehead atoms. The fraction of sp³-hybridized carbons (Fsp3) is 0.706. The van der Waals surface area contributed by atoms with Gasteiger partial charge in [0.2, 0.25) is 0 Å². The normalized spacial score (nSPS) is 19.9. The molecule has 0 aromatic rings. The lowest BCUT2D eigenvalue weighted by Crippen LogP contribution is -2.43. The molecule has 0 N–H and O–H groups in total. The van der Waals surface area contributed by atoms with Crippen LogP contribution in [-0.4, -0.2) is 27.2 Å². The molecule has 22 heavy (non-hydrogen) atoms. The Morgan fingerprint density at radius 3 is 2.68 bits per heavy atom. The Morgan fingerprint density at radius 2 is 2.09 bits per heavy atom. The quantitative estimate of drug-likeness (QED) is 0.397. The number of ether oxygens (including phenoxy) is 2. The van der Waals surface area contributed by atoms with Crippen molar-refractivity contribution in [1.29, 1.82) is 0 Å². The summed E-state index contributed by atoms with van der Waals surface area (Å²) in [5.41, 5.74) is 0. The lowest BCUT2D eigenvalue weighted by Gasteiger charge is -2.38. The zero-order valence-electron chi connectivity index (χ0n) is 14.6. The Morgan fingerprint density at radius 1 is 1.41 bits per heavy atom. The van der Waals surface area contributed by atoms with Crippen LogP contribution in [0.15, 0.2) is 24.5 Å². The first-order chi connectivity index (χ1) is 10.2. The maximum Gasteiger partial charge on any atom is 0.513 e. The Balaban J connectivity index is 2.72. The first-order valence-corrected chi connectivity index (χ1v) is 10.9. The van der Waals surface area contributed by atoms with Crippen LogP contribution in [0.25, 0.3) is 0 Å². The molecule has 0 spiro atoms. The minimum Gasteiger partial charge on any atom is -0.430 e. The van der Waals surface area contributed by atoms with Crippen molar-refractivity contribution in [3.8, 4) is 0 Å². The Kier molecular flexibility index (Phi) is 6.87. The van der Waals surface area contributed by atoms with Crippen LogP contribution in [0.2, 0.25) is 18.1 Å². The van der Waals surface area contributed by atoms with Crippen LogP contribution in [-0.2, 0) is 13.9 Å². The standard InChI is InChI=1S/C17H30O4Si/c1-7-12-19-16(18)20-14-10-8-9-11-15(13-14)21-22(5,6)17(2,3)4/h7,13,15H,1,8-12H2,2-6H3. The second-order valence-electron chi connectivity index (χ2n) is 7.25. The van der Waals surface area contributed by atoms with Gasteiger partial charge in [-0.3, -0.25) is 0 Å². The molecular formula is C17H30O4Si. The van der Waals surface area contributed by atoms with Gasteiger partial charge in [0.05, 0.1) is 6.10 Å². The molecule has 1 aliphatic carbocycles. The molecule has 1 rings (SSSR count). The van der Waals surface area contributed by atoms with Gasteiger partial charge in [-0.25, -0.2) is 4.79 Å². The summed E-state index contributed by atoms with van der Waals surface area (Å²) in [7, 11) is -1.83. The highest BCUT2D eigenvalue weighted by Crippen LogP contribution is 2.38. The molecule has 1 atom stereocenters. The van der Waals surface area contributed by atoms with Crippen LogP contribution in [0.5, 0.6) is 0 Å². The monoisotopic (exact) mass is 326 g/mol.